The SMILES string of the molecule is CCCCCCCCOc1ccc(-c2ccc(C(=O)Oc3ccc(C(=O)O[C@H](C)CCCCC)cc3)cc2)cc1. The van der Waals surface area contributed by atoms with Crippen LogP contribution in [0.2, 0.25) is 0 Å². The first-order valence-electron chi connectivity index (χ1n) is 14.9. The van der Waals surface area contributed by atoms with Gasteiger partial charge in [-0.2, -0.15) is 0 Å². The molecule has 0 radical (unpaired) electrons. The van der Waals surface area contributed by atoms with Gasteiger partial charge in [0.05, 0.1) is 23.8 Å². The quantitative estimate of drug-likeness (QED) is 0.0962. The van der Waals surface area contributed by atoms with Crippen LogP contribution in [0.5, 0.6) is 11.5 Å². The standard InChI is InChI=1S/C35H44O5/c1-4-6-8-9-10-12-26-38-32-22-18-29(19-23-32)28-14-16-30(17-15-28)35(37)40-33-24-20-31(21-25-33)34(36)39-27(3)13-11-7-5-2/h14-25,27H,4-13,26H2,1-3H3/t27-/m1/s1. The Morgan fingerprint density at radius 2 is 1.10 bits per heavy atom. The molecule has 0 aliphatic heterocycles. The van der Waals surface area contributed by atoms with Gasteiger partial charge in [0.1, 0.15) is 11.5 Å². The maximum absolute atomic E-state index is 12.7. The summed E-state index contributed by atoms with van der Waals surface area (Å²) in [6, 6.07) is 21.8. The molecule has 0 aromatic heterocycles. The van der Waals surface area contributed by atoms with Crippen LogP contribution < -0.4 is 9.47 Å². The molecule has 3 rings (SSSR count). The highest BCUT2D eigenvalue weighted by molar-refractivity contribution is 5.92. The molecule has 0 saturated carbocycles. The van der Waals surface area contributed by atoms with Crippen molar-refractivity contribution in [3.63, 3.8) is 0 Å². The Morgan fingerprint density at radius 1 is 0.600 bits per heavy atom. The molecule has 5 nitrogen and oxygen atoms in total. The third-order valence-corrected chi connectivity index (χ3v) is 6.90. The summed E-state index contributed by atoms with van der Waals surface area (Å²) in [7, 11) is 0. The van der Waals surface area contributed by atoms with Gasteiger partial charge < -0.3 is 14.2 Å². The van der Waals surface area contributed by atoms with Crippen molar-refractivity contribution in [2.24, 2.45) is 0 Å². The Labute approximate surface area is 239 Å². The van der Waals surface area contributed by atoms with E-state index in [2.05, 4.69) is 13.8 Å². The lowest BCUT2D eigenvalue weighted by atomic mass is 10.0. The van der Waals surface area contributed by atoms with Crippen molar-refractivity contribution in [3.8, 4) is 22.6 Å². The number of unbranched alkanes of at least 4 members (excludes halogenated alkanes) is 7. The van der Waals surface area contributed by atoms with Crippen LogP contribution in [0.25, 0.3) is 11.1 Å². The average Bonchev–Trinajstić information content (AvgIpc) is 2.97. The second kappa shape index (κ2) is 17.2. The summed E-state index contributed by atoms with van der Waals surface area (Å²) >= 11 is 0. The van der Waals surface area contributed by atoms with Gasteiger partial charge in [-0.15, -0.1) is 0 Å². The number of carbonyl (C=O) groups excluding carboxylic acids is 2. The molecule has 0 saturated heterocycles. The molecule has 0 aliphatic rings. The van der Waals surface area contributed by atoms with Crippen molar-refractivity contribution in [2.45, 2.75) is 91.1 Å². The van der Waals surface area contributed by atoms with Gasteiger partial charge in [-0.1, -0.05) is 83.1 Å². The molecule has 40 heavy (non-hydrogen) atoms. The molecule has 0 N–H and O–H groups in total. The Balaban J connectivity index is 1.46. The van der Waals surface area contributed by atoms with E-state index in [1.165, 1.54) is 32.1 Å². The van der Waals surface area contributed by atoms with E-state index in [9.17, 15) is 9.59 Å². The third-order valence-electron chi connectivity index (χ3n) is 6.90. The highest BCUT2D eigenvalue weighted by atomic mass is 16.5. The van der Waals surface area contributed by atoms with Crippen LogP contribution in [-0.2, 0) is 4.74 Å². The van der Waals surface area contributed by atoms with Gasteiger partial charge in [-0.05, 0) is 85.8 Å². The predicted molar refractivity (Wildman–Crippen MR) is 161 cm³/mol. The highest BCUT2D eigenvalue weighted by Crippen LogP contribution is 2.24. The summed E-state index contributed by atoms with van der Waals surface area (Å²) in [5, 5.41) is 0. The molecule has 0 unspecified atom stereocenters. The number of benzene rings is 3. The summed E-state index contributed by atoms with van der Waals surface area (Å²) in [5.41, 5.74) is 2.94. The van der Waals surface area contributed by atoms with E-state index in [0.29, 0.717) is 16.9 Å². The maximum atomic E-state index is 12.7. The van der Waals surface area contributed by atoms with Crippen LogP contribution in [0.3, 0.4) is 0 Å². The monoisotopic (exact) mass is 544 g/mol. The molecule has 0 bridgehead atoms. The lowest BCUT2D eigenvalue weighted by Gasteiger charge is -2.13. The molecule has 0 spiro atoms. The summed E-state index contributed by atoms with van der Waals surface area (Å²) in [5.74, 6) is 0.427. The van der Waals surface area contributed by atoms with Crippen molar-refractivity contribution in [3.05, 3.63) is 83.9 Å². The fraction of sp³-hybridized carbons (Fsp3) is 0.429. The second-order valence-electron chi connectivity index (χ2n) is 10.3. The van der Waals surface area contributed by atoms with E-state index in [1.54, 1.807) is 36.4 Å². The average molecular weight is 545 g/mol. The molecule has 214 valence electrons. The van der Waals surface area contributed by atoms with Crippen molar-refractivity contribution in [1.29, 1.82) is 0 Å². The molecule has 3 aromatic rings. The van der Waals surface area contributed by atoms with Crippen LogP contribution >= 0.6 is 0 Å². The highest BCUT2D eigenvalue weighted by Gasteiger charge is 2.14. The van der Waals surface area contributed by atoms with Crippen molar-refractivity contribution < 1.29 is 23.8 Å². The Hall–Kier alpha value is -3.60. The molecule has 1 atom stereocenters. The van der Waals surface area contributed by atoms with Crippen LogP contribution in [0.1, 0.15) is 106 Å². The number of hydrogen-bond donors (Lipinski definition) is 0. The molecule has 3 aromatic carbocycles. The van der Waals surface area contributed by atoms with Crippen molar-refractivity contribution in [2.75, 3.05) is 6.61 Å². The third kappa shape index (κ3) is 10.5. The first-order chi connectivity index (χ1) is 19.5. The van der Waals surface area contributed by atoms with Gasteiger partial charge in [0, 0.05) is 0 Å². The number of ether oxygens (including phenoxy) is 3. The molecule has 0 aliphatic carbocycles. The fourth-order valence-corrected chi connectivity index (χ4v) is 4.43. The molecule has 0 heterocycles. The van der Waals surface area contributed by atoms with E-state index in [4.69, 9.17) is 14.2 Å². The molecular weight excluding hydrogens is 500 g/mol. The normalized spacial score (nSPS) is 11.6. The van der Waals surface area contributed by atoms with Crippen molar-refractivity contribution in [1.82, 2.24) is 0 Å². The summed E-state index contributed by atoms with van der Waals surface area (Å²) in [6.45, 7) is 7.03. The number of hydrogen-bond acceptors (Lipinski definition) is 5. The second-order valence-corrected chi connectivity index (χ2v) is 10.3. The van der Waals surface area contributed by atoms with Gasteiger partial charge >= 0.3 is 11.9 Å². The minimum Gasteiger partial charge on any atom is -0.494 e. The zero-order valence-electron chi connectivity index (χ0n) is 24.3. The Kier molecular flexibility index (Phi) is 13.3. The van der Waals surface area contributed by atoms with Gasteiger partial charge in [0.2, 0.25) is 0 Å². The summed E-state index contributed by atoms with van der Waals surface area (Å²) < 4.78 is 16.9. The van der Waals surface area contributed by atoms with Gasteiger partial charge in [0.15, 0.2) is 0 Å². The number of carbonyl (C=O) groups is 2. The maximum Gasteiger partial charge on any atom is 0.343 e. The van der Waals surface area contributed by atoms with Gasteiger partial charge in [-0.25, -0.2) is 9.59 Å². The Bertz CT molecular complexity index is 1150. The molecule has 0 fully saturated rings. The first-order valence-corrected chi connectivity index (χ1v) is 14.9. The zero-order valence-corrected chi connectivity index (χ0v) is 24.3. The van der Waals surface area contributed by atoms with Gasteiger partial charge in [-0.3, -0.25) is 0 Å². The fourth-order valence-electron chi connectivity index (χ4n) is 4.43. The Morgan fingerprint density at radius 3 is 1.75 bits per heavy atom. The lowest BCUT2D eigenvalue weighted by molar-refractivity contribution is 0.0319. The van der Waals surface area contributed by atoms with E-state index >= 15 is 0 Å². The van der Waals surface area contributed by atoms with E-state index < -0.39 is 5.97 Å². The van der Waals surface area contributed by atoms with Crippen LogP contribution in [-0.4, -0.2) is 24.6 Å². The summed E-state index contributed by atoms with van der Waals surface area (Å²) in [4.78, 5) is 25.0. The van der Waals surface area contributed by atoms with E-state index in [0.717, 1.165) is 55.6 Å². The minimum absolute atomic E-state index is 0.124. The van der Waals surface area contributed by atoms with Gasteiger partial charge in [0.25, 0.3) is 0 Å². The molecule has 5 heteroatoms. The number of esters is 2. The number of rotatable bonds is 17. The smallest absolute Gasteiger partial charge is 0.343 e. The van der Waals surface area contributed by atoms with Crippen LogP contribution in [0.15, 0.2) is 72.8 Å². The largest absolute Gasteiger partial charge is 0.494 e. The van der Waals surface area contributed by atoms with E-state index in [1.807, 2.05) is 43.3 Å². The first kappa shape index (κ1) is 30.9. The van der Waals surface area contributed by atoms with E-state index in [-0.39, 0.29) is 12.1 Å². The predicted octanol–water partition coefficient (Wildman–Crippen LogP) is 9.44. The van der Waals surface area contributed by atoms with Crippen molar-refractivity contribution >= 4 is 11.9 Å². The van der Waals surface area contributed by atoms with Crippen LogP contribution in [0, 0.1) is 0 Å². The molecule has 0 amide bonds. The topological polar surface area (TPSA) is 61.8 Å². The minimum atomic E-state index is -0.454. The van der Waals surface area contributed by atoms with Crippen LogP contribution in [0.4, 0.5) is 0 Å². The lowest BCUT2D eigenvalue weighted by Crippen LogP contribution is -2.15. The zero-order chi connectivity index (χ0) is 28.6. The summed E-state index contributed by atoms with van der Waals surface area (Å²) in [6.07, 6.45) is 11.5. The molecular formula is C35H44O5.